The topological polar surface area (TPSA) is 146 Å². The summed E-state index contributed by atoms with van der Waals surface area (Å²) in [4.78, 5) is 12.7. The number of aromatic nitrogens is 4. The van der Waals surface area contributed by atoms with Gasteiger partial charge in [-0.05, 0) is 5.56 Å². The average molecular weight is 387 g/mol. The number of benzene rings is 1. The van der Waals surface area contributed by atoms with E-state index in [1.807, 2.05) is 30.3 Å². The molecule has 0 aliphatic carbocycles. The largest absolute Gasteiger partial charge is 0.394 e. The van der Waals surface area contributed by atoms with Gasteiger partial charge in [-0.1, -0.05) is 30.3 Å². The Kier molecular flexibility index (Phi) is 5.20. The number of hydrogen-bond donors (Lipinski definition) is 5. The summed E-state index contributed by atoms with van der Waals surface area (Å²) in [5.74, 6) is 0.422. The Morgan fingerprint density at radius 3 is 2.61 bits per heavy atom. The third kappa shape index (κ3) is 3.32. The highest BCUT2D eigenvalue weighted by molar-refractivity contribution is 5.82. The molecule has 5 atom stereocenters. The normalized spacial score (nSPS) is 25.9. The van der Waals surface area contributed by atoms with Crippen molar-refractivity contribution in [3.63, 3.8) is 0 Å². The van der Waals surface area contributed by atoms with Gasteiger partial charge in [0.1, 0.15) is 24.6 Å². The number of anilines is 1. The molecule has 0 amide bonds. The lowest BCUT2D eigenvalue weighted by molar-refractivity contribution is -0.0511. The predicted molar refractivity (Wildman–Crippen MR) is 98.2 cm³/mol. The fourth-order valence-corrected chi connectivity index (χ4v) is 3.26. The molecular weight excluding hydrogens is 366 g/mol. The van der Waals surface area contributed by atoms with E-state index in [0.29, 0.717) is 17.0 Å². The third-order valence-corrected chi connectivity index (χ3v) is 4.80. The average Bonchev–Trinajstić information content (AvgIpc) is 3.28. The van der Waals surface area contributed by atoms with Gasteiger partial charge in [0.25, 0.3) is 0 Å². The molecule has 2 aromatic heterocycles. The predicted octanol–water partition coefficient (Wildman–Crippen LogP) is -0.417. The Hall–Kier alpha value is -2.63. The molecule has 0 spiro atoms. The van der Waals surface area contributed by atoms with E-state index in [1.165, 1.54) is 17.2 Å². The smallest absolute Gasteiger partial charge is 0.167 e. The third-order valence-electron chi connectivity index (χ3n) is 4.80. The summed E-state index contributed by atoms with van der Waals surface area (Å²) in [5.41, 5.74) is 1.60. The van der Waals surface area contributed by atoms with Gasteiger partial charge in [-0.3, -0.25) is 4.57 Å². The van der Waals surface area contributed by atoms with Crippen molar-refractivity contribution in [1.29, 1.82) is 0 Å². The summed E-state index contributed by atoms with van der Waals surface area (Å²) in [6.07, 6.45) is -2.24. The lowest BCUT2D eigenvalue weighted by Gasteiger charge is -2.16. The van der Waals surface area contributed by atoms with Crippen LogP contribution < -0.4 is 5.32 Å². The Bertz CT molecular complexity index is 937. The minimum absolute atomic E-state index is 0.219. The van der Waals surface area contributed by atoms with Crippen molar-refractivity contribution in [2.75, 3.05) is 18.5 Å². The van der Waals surface area contributed by atoms with Gasteiger partial charge in [-0.2, -0.15) is 0 Å². The van der Waals surface area contributed by atoms with Crippen LogP contribution in [0.5, 0.6) is 0 Å². The highest BCUT2D eigenvalue weighted by Gasteiger charge is 2.44. The molecule has 10 heteroatoms. The highest BCUT2D eigenvalue weighted by Crippen LogP contribution is 2.32. The number of ether oxygens (including phenoxy) is 1. The standard InChI is InChI=1S/C18H21N5O5/c24-7-12-14(26)15(27)18(28-12)23-9-22-13-16(20-8-21-17(13)23)19-6-11(25)10-4-2-1-3-5-10/h1-5,8-9,11-12,14-15,18,24-27H,6-7H2,(H,19,20,21)/t11-,12+,14+,15+,18+/m0/s1. The molecule has 1 saturated heterocycles. The van der Waals surface area contributed by atoms with E-state index in [1.54, 1.807) is 0 Å². The molecule has 148 valence electrons. The van der Waals surface area contributed by atoms with Gasteiger partial charge in [-0.15, -0.1) is 0 Å². The summed E-state index contributed by atoms with van der Waals surface area (Å²) in [6.45, 7) is -0.197. The summed E-state index contributed by atoms with van der Waals surface area (Å²) in [5, 5.41) is 42.8. The Morgan fingerprint density at radius 2 is 1.89 bits per heavy atom. The number of nitrogens with zero attached hydrogens (tertiary/aromatic N) is 4. The first-order valence-electron chi connectivity index (χ1n) is 8.87. The maximum Gasteiger partial charge on any atom is 0.167 e. The van der Waals surface area contributed by atoms with Crippen LogP contribution in [0.4, 0.5) is 5.82 Å². The van der Waals surface area contributed by atoms with E-state index in [2.05, 4.69) is 20.3 Å². The van der Waals surface area contributed by atoms with Crippen LogP contribution in [0.25, 0.3) is 11.2 Å². The zero-order valence-corrected chi connectivity index (χ0v) is 14.8. The Labute approximate surface area is 160 Å². The second-order valence-corrected chi connectivity index (χ2v) is 6.58. The molecular formula is C18H21N5O5. The van der Waals surface area contributed by atoms with Gasteiger partial charge >= 0.3 is 0 Å². The maximum atomic E-state index is 10.3. The van der Waals surface area contributed by atoms with Crippen LogP contribution >= 0.6 is 0 Å². The number of aliphatic hydroxyl groups excluding tert-OH is 4. The Balaban J connectivity index is 1.56. The summed E-state index contributed by atoms with van der Waals surface area (Å²) in [6, 6.07) is 9.24. The zero-order chi connectivity index (χ0) is 19.7. The first-order chi connectivity index (χ1) is 13.6. The van der Waals surface area contributed by atoms with Crippen molar-refractivity contribution in [2.45, 2.75) is 30.6 Å². The second kappa shape index (κ2) is 7.78. The van der Waals surface area contributed by atoms with E-state index < -0.39 is 37.3 Å². The summed E-state index contributed by atoms with van der Waals surface area (Å²) < 4.78 is 7.02. The minimum atomic E-state index is -1.24. The van der Waals surface area contributed by atoms with Crippen LogP contribution in [0.3, 0.4) is 0 Å². The fraction of sp³-hybridized carbons (Fsp3) is 0.389. The number of fused-ring (bicyclic) bond motifs is 1. The second-order valence-electron chi connectivity index (χ2n) is 6.58. The molecule has 4 rings (SSSR count). The van der Waals surface area contributed by atoms with Crippen LogP contribution in [-0.4, -0.2) is 71.4 Å². The van der Waals surface area contributed by atoms with E-state index in [4.69, 9.17) is 4.74 Å². The van der Waals surface area contributed by atoms with E-state index in [-0.39, 0.29) is 6.54 Å². The van der Waals surface area contributed by atoms with Crippen LogP contribution in [0.1, 0.15) is 17.9 Å². The van der Waals surface area contributed by atoms with Crippen molar-refractivity contribution in [3.05, 3.63) is 48.5 Å². The number of nitrogens with one attached hydrogen (secondary N) is 1. The van der Waals surface area contributed by atoms with Crippen molar-refractivity contribution < 1.29 is 25.2 Å². The molecule has 0 bridgehead atoms. The molecule has 1 fully saturated rings. The van der Waals surface area contributed by atoms with Gasteiger partial charge in [0, 0.05) is 6.54 Å². The molecule has 3 heterocycles. The van der Waals surface area contributed by atoms with Gasteiger partial charge in [0.15, 0.2) is 23.2 Å². The molecule has 1 aromatic carbocycles. The molecule has 28 heavy (non-hydrogen) atoms. The lowest BCUT2D eigenvalue weighted by Crippen LogP contribution is -2.33. The van der Waals surface area contributed by atoms with E-state index >= 15 is 0 Å². The first-order valence-corrected chi connectivity index (χ1v) is 8.87. The molecule has 1 aliphatic rings. The van der Waals surface area contributed by atoms with Crippen LogP contribution in [0.2, 0.25) is 0 Å². The van der Waals surface area contributed by atoms with Crippen LogP contribution in [-0.2, 0) is 4.74 Å². The first kappa shape index (κ1) is 18.7. The summed E-state index contributed by atoms with van der Waals surface area (Å²) in [7, 11) is 0. The van der Waals surface area contributed by atoms with Crippen molar-refractivity contribution in [3.8, 4) is 0 Å². The van der Waals surface area contributed by atoms with Gasteiger partial charge < -0.3 is 30.5 Å². The van der Waals surface area contributed by atoms with Gasteiger partial charge in [0.2, 0.25) is 0 Å². The highest BCUT2D eigenvalue weighted by atomic mass is 16.6. The SMILES string of the molecule is OC[C@H]1O[C@@H](n2cnc3c(NC[C@H](O)c4ccccc4)ncnc32)[C@H](O)[C@@H]1O. The van der Waals surface area contributed by atoms with Crippen LogP contribution in [0.15, 0.2) is 43.0 Å². The fourth-order valence-electron chi connectivity index (χ4n) is 3.26. The monoisotopic (exact) mass is 387 g/mol. The molecule has 0 saturated carbocycles. The van der Waals surface area contributed by atoms with Crippen LogP contribution in [0, 0.1) is 0 Å². The molecule has 10 nitrogen and oxygen atoms in total. The van der Waals surface area contributed by atoms with Crippen molar-refractivity contribution in [2.24, 2.45) is 0 Å². The van der Waals surface area contributed by atoms with Gasteiger partial charge in [-0.25, -0.2) is 15.0 Å². The number of imidazole rings is 1. The maximum absolute atomic E-state index is 10.3. The molecule has 0 unspecified atom stereocenters. The van der Waals surface area contributed by atoms with E-state index in [0.717, 1.165) is 5.56 Å². The van der Waals surface area contributed by atoms with E-state index in [9.17, 15) is 20.4 Å². The number of rotatable bonds is 6. The number of hydrogen-bond acceptors (Lipinski definition) is 9. The van der Waals surface area contributed by atoms with Crippen molar-refractivity contribution >= 4 is 17.0 Å². The summed E-state index contributed by atoms with van der Waals surface area (Å²) >= 11 is 0. The quantitative estimate of drug-likeness (QED) is 0.381. The molecule has 5 N–H and O–H groups in total. The van der Waals surface area contributed by atoms with Gasteiger partial charge in [0.05, 0.1) is 19.0 Å². The molecule has 1 aliphatic heterocycles. The van der Waals surface area contributed by atoms with Crippen molar-refractivity contribution in [1.82, 2.24) is 19.5 Å². The minimum Gasteiger partial charge on any atom is -0.394 e. The lowest BCUT2D eigenvalue weighted by atomic mass is 10.1. The molecule has 3 aromatic rings. The Morgan fingerprint density at radius 1 is 1.11 bits per heavy atom. The molecule has 0 radical (unpaired) electrons. The zero-order valence-electron chi connectivity index (χ0n) is 14.8. The number of aliphatic hydroxyl groups is 4.